The highest BCUT2D eigenvalue weighted by Crippen LogP contribution is 2.22. The van der Waals surface area contributed by atoms with Crippen LogP contribution < -0.4 is 10.6 Å². The Morgan fingerprint density at radius 2 is 1.58 bits per heavy atom. The van der Waals surface area contributed by atoms with Gasteiger partial charge in [-0.2, -0.15) is 0 Å². The number of aromatic nitrogens is 2. The van der Waals surface area contributed by atoms with Crippen molar-refractivity contribution in [2.75, 3.05) is 10.6 Å². The summed E-state index contributed by atoms with van der Waals surface area (Å²) < 4.78 is 0. The number of nitrogens with one attached hydrogen (secondary N) is 2. The number of carbonyl (C=O) groups is 1. The van der Waals surface area contributed by atoms with Crippen molar-refractivity contribution in [3.63, 3.8) is 0 Å². The number of nitrogens with zero attached hydrogens (tertiary/aromatic N) is 2. The van der Waals surface area contributed by atoms with Crippen molar-refractivity contribution in [2.45, 2.75) is 20.8 Å². The van der Waals surface area contributed by atoms with Crippen LogP contribution in [-0.4, -0.2) is 15.9 Å². The Kier molecular flexibility index (Phi) is 5.19. The Labute approximate surface area is 157 Å². The molecule has 1 amide bonds. The maximum absolute atomic E-state index is 12.4. The summed E-state index contributed by atoms with van der Waals surface area (Å²) in [5.41, 5.74) is 5.10. The Balaban J connectivity index is 1.73. The van der Waals surface area contributed by atoms with Gasteiger partial charge in [0.25, 0.3) is 5.91 Å². The first-order valence-corrected chi connectivity index (χ1v) is 8.54. The summed E-state index contributed by atoms with van der Waals surface area (Å²) in [6.07, 6.45) is 2.99. The molecule has 5 nitrogen and oxygen atoms in total. The van der Waals surface area contributed by atoms with Crippen molar-refractivity contribution in [3.05, 3.63) is 76.1 Å². The van der Waals surface area contributed by atoms with E-state index in [9.17, 15) is 4.79 Å². The monoisotopic (exact) mass is 366 g/mol. The van der Waals surface area contributed by atoms with E-state index in [1.807, 2.05) is 51.1 Å². The number of hydrogen-bond acceptors (Lipinski definition) is 4. The molecule has 2 aromatic carbocycles. The molecular formula is C20H19ClN4O. The first-order chi connectivity index (χ1) is 12.4. The second-order valence-electron chi connectivity index (χ2n) is 6.15. The van der Waals surface area contributed by atoms with Crippen molar-refractivity contribution in [2.24, 2.45) is 0 Å². The molecular weight excluding hydrogens is 348 g/mol. The van der Waals surface area contributed by atoms with Gasteiger partial charge in [-0.1, -0.05) is 29.8 Å². The molecule has 0 aliphatic carbocycles. The molecule has 6 heteroatoms. The lowest BCUT2D eigenvalue weighted by atomic mass is 10.1. The fourth-order valence-corrected chi connectivity index (χ4v) is 2.60. The summed E-state index contributed by atoms with van der Waals surface area (Å²) in [5.74, 6) is 0.155. The molecule has 0 radical (unpaired) electrons. The smallest absolute Gasteiger partial charge is 0.258 e. The average molecular weight is 367 g/mol. The third kappa shape index (κ3) is 4.18. The standard InChI is InChI=1S/C20H19ClN4O/c1-12-4-5-13(2)17(8-12)24-19(26)15-10-22-20(23-11-15)25-18-9-16(21)7-6-14(18)3/h4-11H,1-3H3,(H,24,26)(H,22,23,25). The van der Waals surface area contributed by atoms with E-state index in [1.165, 1.54) is 12.4 Å². The minimum absolute atomic E-state index is 0.246. The van der Waals surface area contributed by atoms with E-state index in [-0.39, 0.29) is 5.91 Å². The summed E-state index contributed by atoms with van der Waals surface area (Å²) in [5, 5.41) is 6.63. The normalized spacial score (nSPS) is 10.5. The molecule has 3 rings (SSSR count). The number of aryl methyl sites for hydroxylation is 3. The third-order valence-electron chi connectivity index (χ3n) is 4.00. The zero-order chi connectivity index (χ0) is 18.7. The lowest BCUT2D eigenvalue weighted by Gasteiger charge is -2.10. The van der Waals surface area contributed by atoms with Gasteiger partial charge in [-0.3, -0.25) is 4.79 Å². The molecule has 0 saturated carbocycles. The molecule has 0 aliphatic rings. The number of anilines is 3. The van der Waals surface area contributed by atoms with Crippen molar-refractivity contribution in [3.8, 4) is 0 Å². The van der Waals surface area contributed by atoms with E-state index < -0.39 is 0 Å². The molecule has 3 aromatic rings. The maximum Gasteiger partial charge on any atom is 0.258 e. The van der Waals surface area contributed by atoms with Gasteiger partial charge >= 0.3 is 0 Å². The van der Waals surface area contributed by atoms with Gasteiger partial charge in [0.15, 0.2) is 0 Å². The second kappa shape index (κ2) is 7.54. The molecule has 26 heavy (non-hydrogen) atoms. The molecule has 0 aliphatic heterocycles. The summed E-state index contributed by atoms with van der Waals surface area (Å²) >= 11 is 6.02. The minimum Gasteiger partial charge on any atom is -0.324 e. The molecule has 0 atom stereocenters. The molecule has 0 bridgehead atoms. The Morgan fingerprint density at radius 1 is 0.923 bits per heavy atom. The summed E-state index contributed by atoms with van der Waals surface area (Å²) in [4.78, 5) is 20.9. The van der Waals surface area contributed by atoms with Gasteiger partial charge in [-0.15, -0.1) is 0 Å². The summed E-state index contributed by atoms with van der Waals surface area (Å²) in [6, 6.07) is 11.5. The Hall–Kier alpha value is -2.92. The van der Waals surface area contributed by atoms with Crippen molar-refractivity contribution < 1.29 is 4.79 Å². The van der Waals surface area contributed by atoms with Gasteiger partial charge in [-0.25, -0.2) is 9.97 Å². The molecule has 0 fully saturated rings. The number of hydrogen-bond donors (Lipinski definition) is 2. The van der Waals surface area contributed by atoms with Gasteiger partial charge in [0.2, 0.25) is 5.95 Å². The fraction of sp³-hybridized carbons (Fsp3) is 0.150. The fourth-order valence-electron chi connectivity index (χ4n) is 2.42. The quantitative estimate of drug-likeness (QED) is 0.678. The predicted molar refractivity (Wildman–Crippen MR) is 105 cm³/mol. The second-order valence-corrected chi connectivity index (χ2v) is 6.59. The van der Waals surface area contributed by atoms with Crippen LogP contribution >= 0.6 is 11.6 Å². The molecule has 132 valence electrons. The largest absolute Gasteiger partial charge is 0.324 e. The van der Waals surface area contributed by atoms with E-state index in [0.717, 1.165) is 28.1 Å². The van der Waals surface area contributed by atoms with Gasteiger partial charge in [0, 0.05) is 28.8 Å². The lowest BCUT2D eigenvalue weighted by Crippen LogP contribution is -2.14. The first kappa shape index (κ1) is 17.9. The van der Waals surface area contributed by atoms with Gasteiger partial charge < -0.3 is 10.6 Å². The minimum atomic E-state index is -0.246. The highest BCUT2D eigenvalue weighted by molar-refractivity contribution is 6.30. The van der Waals surface area contributed by atoms with Crippen LogP contribution in [0.3, 0.4) is 0 Å². The average Bonchev–Trinajstić information content (AvgIpc) is 2.62. The van der Waals surface area contributed by atoms with Crippen LogP contribution in [0.4, 0.5) is 17.3 Å². The van der Waals surface area contributed by atoms with Crippen LogP contribution in [0.25, 0.3) is 0 Å². The number of rotatable bonds is 4. The first-order valence-electron chi connectivity index (χ1n) is 8.16. The zero-order valence-electron chi connectivity index (χ0n) is 14.8. The molecule has 1 heterocycles. The van der Waals surface area contributed by atoms with Gasteiger partial charge in [0.05, 0.1) is 5.56 Å². The van der Waals surface area contributed by atoms with Crippen LogP contribution in [0, 0.1) is 20.8 Å². The number of halogens is 1. The van der Waals surface area contributed by atoms with E-state index in [0.29, 0.717) is 16.5 Å². The molecule has 2 N–H and O–H groups in total. The van der Waals surface area contributed by atoms with E-state index in [2.05, 4.69) is 20.6 Å². The zero-order valence-corrected chi connectivity index (χ0v) is 15.6. The molecule has 0 spiro atoms. The Morgan fingerprint density at radius 3 is 2.31 bits per heavy atom. The highest BCUT2D eigenvalue weighted by atomic mass is 35.5. The van der Waals surface area contributed by atoms with E-state index in [1.54, 1.807) is 6.07 Å². The van der Waals surface area contributed by atoms with E-state index in [4.69, 9.17) is 11.6 Å². The van der Waals surface area contributed by atoms with E-state index >= 15 is 0 Å². The van der Waals surface area contributed by atoms with Crippen LogP contribution in [0.5, 0.6) is 0 Å². The molecule has 1 aromatic heterocycles. The number of amides is 1. The SMILES string of the molecule is Cc1ccc(C)c(NC(=O)c2cnc(Nc3cc(Cl)ccc3C)nc2)c1. The lowest BCUT2D eigenvalue weighted by molar-refractivity contribution is 0.102. The Bertz CT molecular complexity index is 955. The van der Waals surface area contributed by atoms with Gasteiger partial charge in [-0.05, 0) is 55.7 Å². The maximum atomic E-state index is 12.4. The van der Waals surface area contributed by atoms with Crippen LogP contribution in [-0.2, 0) is 0 Å². The van der Waals surface area contributed by atoms with Crippen molar-refractivity contribution in [1.82, 2.24) is 9.97 Å². The van der Waals surface area contributed by atoms with Gasteiger partial charge in [0.1, 0.15) is 0 Å². The van der Waals surface area contributed by atoms with Crippen molar-refractivity contribution >= 4 is 34.8 Å². The highest BCUT2D eigenvalue weighted by Gasteiger charge is 2.10. The van der Waals surface area contributed by atoms with Crippen LogP contribution in [0.1, 0.15) is 27.0 Å². The van der Waals surface area contributed by atoms with Crippen molar-refractivity contribution in [1.29, 1.82) is 0 Å². The topological polar surface area (TPSA) is 66.9 Å². The molecule has 0 saturated heterocycles. The van der Waals surface area contributed by atoms with Crippen LogP contribution in [0.15, 0.2) is 48.8 Å². The van der Waals surface area contributed by atoms with Crippen LogP contribution in [0.2, 0.25) is 5.02 Å². The third-order valence-corrected chi connectivity index (χ3v) is 4.24. The number of benzene rings is 2. The summed E-state index contributed by atoms with van der Waals surface area (Å²) in [6.45, 7) is 5.90. The predicted octanol–water partition coefficient (Wildman–Crippen LogP) is 5.05. The summed E-state index contributed by atoms with van der Waals surface area (Å²) in [7, 11) is 0. The molecule has 0 unspecified atom stereocenters. The number of carbonyl (C=O) groups excluding carboxylic acids is 1.